The molecule has 0 unspecified atom stereocenters. The first-order valence-corrected chi connectivity index (χ1v) is 6.57. The van der Waals surface area contributed by atoms with E-state index in [0.717, 1.165) is 4.47 Å². The van der Waals surface area contributed by atoms with Gasteiger partial charge in [0.1, 0.15) is 0 Å². The molecule has 2 aromatic rings. The number of hydrazone groups is 1. The van der Waals surface area contributed by atoms with Gasteiger partial charge in [0.15, 0.2) is 5.76 Å². The van der Waals surface area contributed by atoms with Crippen molar-refractivity contribution in [1.82, 2.24) is 10.4 Å². The van der Waals surface area contributed by atoms with Crippen LogP contribution in [0.25, 0.3) is 0 Å². The second-order valence-electron chi connectivity index (χ2n) is 4.13. The van der Waals surface area contributed by atoms with Crippen molar-refractivity contribution >= 4 is 33.9 Å². The van der Waals surface area contributed by atoms with Gasteiger partial charge in [-0.1, -0.05) is 0 Å². The molecular weight excluding hydrogens is 324 g/mol. The number of nitrogens with zero attached hydrogens (tertiary/aromatic N) is 3. The van der Waals surface area contributed by atoms with E-state index in [9.17, 15) is 4.79 Å². The summed E-state index contributed by atoms with van der Waals surface area (Å²) < 4.78 is 6.36. The van der Waals surface area contributed by atoms with Gasteiger partial charge in [-0.05, 0) is 28.1 Å². The summed E-state index contributed by atoms with van der Waals surface area (Å²) in [5.41, 5.74) is 2.91. The van der Waals surface area contributed by atoms with Gasteiger partial charge in [-0.25, -0.2) is 5.43 Å². The van der Waals surface area contributed by atoms with Crippen molar-refractivity contribution < 1.29 is 9.21 Å². The summed E-state index contributed by atoms with van der Waals surface area (Å²) in [7, 11) is 3.74. The first-order chi connectivity index (χ1) is 9.58. The highest BCUT2D eigenvalue weighted by Crippen LogP contribution is 2.27. The van der Waals surface area contributed by atoms with E-state index < -0.39 is 0 Å². The van der Waals surface area contributed by atoms with Crippen LogP contribution in [0.15, 0.2) is 44.6 Å². The van der Waals surface area contributed by atoms with Crippen LogP contribution >= 0.6 is 15.9 Å². The zero-order chi connectivity index (χ0) is 14.5. The lowest BCUT2D eigenvalue weighted by atomic mass is 10.3. The summed E-state index contributed by atoms with van der Waals surface area (Å²) in [5.74, 6) is 0.921. The molecule has 2 aromatic heterocycles. The van der Waals surface area contributed by atoms with E-state index in [1.165, 1.54) is 6.21 Å². The van der Waals surface area contributed by atoms with Gasteiger partial charge >= 0.3 is 0 Å². The van der Waals surface area contributed by atoms with Crippen molar-refractivity contribution in [2.75, 3.05) is 19.0 Å². The molecule has 1 N–H and O–H groups in total. The number of carbonyl (C=O) groups is 1. The Kier molecular flexibility index (Phi) is 4.52. The lowest BCUT2D eigenvalue weighted by Crippen LogP contribution is -2.17. The third-order valence-electron chi connectivity index (χ3n) is 2.39. The fourth-order valence-corrected chi connectivity index (χ4v) is 2.13. The molecule has 0 aromatic carbocycles. The van der Waals surface area contributed by atoms with Gasteiger partial charge in [0.05, 0.1) is 10.7 Å². The van der Waals surface area contributed by atoms with Crippen molar-refractivity contribution in [3.05, 3.63) is 46.4 Å². The minimum absolute atomic E-state index is 0.304. The minimum Gasteiger partial charge on any atom is -0.438 e. The third-order valence-corrected chi connectivity index (χ3v) is 2.96. The van der Waals surface area contributed by atoms with Gasteiger partial charge in [0, 0.05) is 38.1 Å². The second-order valence-corrected chi connectivity index (χ2v) is 4.99. The Balaban J connectivity index is 2.00. The number of nitrogens with one attached hydrogen (secondary N) is 1. The highest BCUT2D eigenvalue weighted by molar-refractivity contribution is 9.10. The molecule has 6 nitrogen and oxygen atoms in total. The molecule has 20 heavy (non-hydrogen) atoms. The van der Waals surface area contributed by atoms with E-state index in [4.69, 9.17) is 4.42 Å². The van der Waals surface area contributed by atoms with E-state index in [0.29, 0.717) is 17.2 Å². The van der Waals surface area contributed by atoms with Crippen molar-refractivity contribution in [1.29, 1.82) is 0 Å². The van der Waals surface area contributed by atoms with Crippen LogP contribution in [-0.2, 0) is 0 Å². The van der Waals surface area contributed by atoms with Gasteiger partial charge in [-0.15, -0.1) is 0 Å². The summed E-state index contributed by atoms with van der Waals surface area (Å²) in [6.07, 6.45) is 4.54. The summed E-state index contributed by atoms with van der Waals surface area (Å²) >= 11 is 3.38. The molecule has 0 fully saturated rings. The Morgan fingerprint density at radius 1 is 1.45 bits per heavy atom. The third kappa shape index (κ3) is 3.45. The molecule has 0 spiro atoms. The quantitative estimate of drug-likeness (QED) is 0.686. The Morgan fingerprint density at radius 3 is 2.75 bits per heavy atom. The first kappa shape index (κ1) is 14.3. The number of hydrogen-bond acceptors (Lipinski definition) is 5. The van der Waals surface area contributed by atoms with Crippen LogP contribution in [0.2, 0.25) is 0 Å². The van der Waals surface area contributed by atoms with Gasteiger partial charge in [-0.2, -0.15) is 5.10 Å². The van der Waals surface area contributed by atoms with E-state index in [1.807, 2.05) is 19.0 Å². The fraction of sp³-hybridized carbons (Fsp3) is 0.154. The van der Waals surface area contributed by atoms with Gasteiger partial charge in [-0.3, -0.25) is 9.78 Å². The number of halogens is 1. The highest BCUT2D eigenvalue weighted by atomic mass is 79.9. The molecule has 0 saturated carbocycles. The van der Waals surface area contributed by atoms with Crippen molar-refractivity contribution in [3.8, 4) is 0 Å². The molecule has 0 atom stereocenters. The first-order valence-electron chi connectivity index (χ1n) is 5.78. The number of amides is 1. The Bertz CT molecular complexity index is 623. The maximum Gasteiger partial charge on any atom is 0.271 e. The van der Waals surface area contributed by atoms with E-state index in [1.54, 1.807) is 30.6 Å². The van der Waals surface area contributed by atoms with Crippen molar-refractivity contribution in [3.63, 3.8) is 0 Å². The number of aromatic nitrogens is 1. The molecule has 0 saturated heterocycles. The van der Waals surface area contributed by atoms with E-state index in [2.05, 4.69) is 31.4 Å². The zero-order valence-electron chi connectivity index (χ0n) is 11.0. The van der Waals surface area contributed by atoms with Gasteiger partial charge in [0.2, 0.25) is 5.88 Å². The normalized spacial score (nSPS) is 10.8. The molecular formula is C13H13BrN4O2. The molecule has 0 radical (unpaired) electrons. The van der Waals surface area contributed by atoms with Gasteiger partial charge < -0.3 is 9.32 Å². The maximum atomic E-state index is 11.7. The number of furan rings is 1. The van der Waals surface area contributed by atoms with Crippen LogP contribution in [-0.4, -0.2) is 31.2 Å². The second kappa shape index (κ2) is 6.33. The molecule has 0 aliphatic carbocycles. The molecule has 2 rings (SSSR count). The van der Waals surface area contributed by atoms with Crippen LogP contribution in [0.5, 0.6) is 0 Å². The molecule has 2 heterocycles. The number of carbonyl (C=O) groups excluding carboxylic acids is 1. The molecule has 0 bridgehead atoms. The number of anilines is 1. The lowest BCUT2D eigenvalue weighted by molar-refractivity contribution is 0.0955. The molecule has 0 aliphatic heterocycles. The smallest absolute Gasteiger partial charge is 0.271 e. The fourth-order valence-electron chi connectivity index (χ4n) is 1.47. The van der Waals surface area contributed by atoms with Crippen LogP contribution < -0.4 is 10.3 Å². The molecule has 104 valence electrons. The standard InChI is InChI=1S/C13H13BrN4O2/c1-18(2)13-11(14)7-10(20-13)8-16-17-12(19)9-3-5-15-6-4-9/h3-8H,1-2H3,(H,17,19)/b16-8-. The van der Waals surface area contributed by atoms with Crippen LogP contribution in [0.3, 0.4) is 0 Å². The van der Waals surface area contributed by atoms with E-state index in [-0.39, 0.29) is 5.91 Å². The molecule has 1 amide bonds. The minimum atomic E-state index is -0.304. The predicted molar refractivity (Wildman–Crippen MR) is 80.0 cm³/mol. The van der Waals surface area contributed by atoms with Crippen molar-refractivity contribution in [2.24, 2.45) is 5.10 Å². The lowest BCUT2D eigenvalue weighted by Gasteiger charge is -2.07. The summed E-state index contributed by atoms with van der Waals surface area (Å²) in [6.45, 7) is 0. The van der Waals surface area contributed by atoms with Crippen LogP contribution in [0, 0.1) is 0 Å². The number of pyridine rings is 1. The van der Waals surface area contributed by atoms with Gasteiger partial charge in [0.25, 0.3) is 5.91 Å². The summed E-state index contributed by atoms with van der Waals surface area (Å²) in [4.78, 5) is 17.4. The van der Waals surface area contributed by atoms with Crippen molar-refractivity contribution in [2.45, 2.75) is 0 Å². The highest BCUT2D eigenvalue weighted by Gasteiger charge is 2.09. The predicted octanol–water partition coefficient (Wildman–Crippen LogP) is 2.27. The largest absolute Gasteiger partial charge is 0.438 e. The Hall–Kier alpha value is -2.15. The number of hydrogen-bond donors (Lipinski definition) is 1. The average molecular weight is 337 g/mol. The molecule has 0 aliphatic rings. The topological polar surface area (TPSA) is 70.7 Å². The summed E-state index contributed by atoms with van der Waals surface area (Å²) in [6, 6.07) is 4.99. The zero-order valence-corrected chi connectivity index (χ0v) is 12.6. The summed E-state index contributed by atoms with van der Waals surface area (Å²) in [5, 5.41) is 3.85. The Morgan fingerprint density at radius 2 is 2.15 bits per heavy atom. The number of rotatable bonds is 4. The Labute approximate surface area is 124 Å². The monoisotopic (exact) mass is 336 g/mol. The van der Waals surface area contributed by atoms with Crippen LogP contribution in [0.1, 0.15) is 16.1 Å². The van der Waals surface area contributed by atoms with E-state index >= 15 is 0 Å². The maximum absolute atomic E-state index is 11.7. The average Bonchev–Trinajstić information content (AvgIpc) is 2.81. The van der Waals surface area contributed by atoms with Crippen LogP contribution in [0.4, 0.5) is 5.88 Å². The molecule has 7 heteroatoms. The SMILES string of the molecule is CN(C)c1oc(/C=N\NC(=O)c2ccncc2)cc1Br.